The average molecular weight is 193 g/mol. The Labute approximate surface area is 81.6 Å². The van der Waals surface area contributed by atoms with Crippen molar-refractivity contribution in [2.45, 2.75) is 6.92 Å². The Morgan fingerprint density at radius 1 is 1.57 bits per heavy atom. The molecule has 14 heavy (non-hydrogen) atoms. The summed E-state index contributed by atoms with van der Waals surface area (Å²) in [5.41, 5.74) is 1.44. The number of aliphatic hydroxyl groups is 1. The predicted molar refractivity (Wildman–Crippen MR) is 54.0 cm³/mol. The van der Waals surface area contributed by atoms with Crippen molar-refractivity contribution in [2.24, 2.45) is 0 Å². The van der Waals surface area contributed by atoms with Gasteiger partial charge in [0.25, 0.3) is 5.69 Å². The summed E-state index contributed by atoms with van der Waals surface area (Å²) in [5, 5.41) is 19.2. The Bertz CT molecular complexity index is 372. The molecule has 0 saturated carbocycles. The number of nitro groups is 1. The monoisotopic (exact) mass is 193 g/mol. The van der Waals surface area contributed by atoms with Crippen LogP contribution in [0.4, 0.5) is 5.69 Å². The van der Waals surface area contributed by atoms with Crippen molar-refractivity contribution < 1.29 is 10.0 Å². The van der Waals surface area contributed by atoms with Crippen LogP contribution in [-0.4, -0.2) is 16.6 Å². The third kappa shape index (κ3) is 2.17. The molecule has 4 heteroatoms. The standard InChI is InChI=1S/C10H11NO3/c1-8-4-2-6-10(11(13)14)9(8)5-3-7-12/h2-6,12H,7H2,1H3. The van der Waals surface area contributed by atoms with E-state index < -0.39 is 4.92 Å². The van der Waals surface area contributed by atoms with Crippen LogP contribution in [0.15, 0.2) is 24.3 Å². The van der Waals surface area contributed by atoms with Crippen LogP contribution in [0.3, 0.4) is 0 Å². The molecule has 4 nitrogen and oxygen atoms in total. The molecule has 1 aromatic rings. The van der Waals surface area contributed by atoms with E-state index in [1.807, 2.05) is 0 Å². The molecule has 0 aliphatic heterocycles. The summed E-state index contributed by atoms with van der Waals surface area (Å²) in [4.78, 5) is 10.2. The van der Waals surface area contributed by atoms with Gasteiger partial charge in [-0.1, -0.05) is 18.2 Å². The van der Waals surface area contributed by atoms with Gasteiger partial charge in [-0.25, -0.2) is 0 Å². The second kappa shape index (κ2) is 4.53. The summed E-state index contributed by atoms with van der Waals surface area (Å²) in [5.74, 6) is 0. The molecule has 0 fully saturated rings. The van der Waals surface area contributed by atoms with Gasteiger partial charge in [0.2, 0.25) is 0 Å². The summed E-state index contributed by atoms with van der Waals surface area (Å²) in [6, 6.07) is 4.89. The normalized spacial score (nSPS) is 10.7. The highest BCUT2D eigenvalue weighted by molar-refractivity contribution is 5.64. The van der Waals surface area contributed by atoms with Gasteiger partial charge in [0, 0.05) is 6.07 Å². The fourth-order valence-electron chi connectivity index (χ4n) is 1.21. The third-order valence-corrected chi connectivity index (χ3v) is 1.89. The molecule has 1 N–H and O–H groups in total. The first kappa shape index (κ1) is 10.4. The van der Waals surface area contributed by atoms with Crippen LogP contribution in [0.1, 0.15) is 11.1 Å². The first-order valence-corrected chi connectivity index (χ1v) is 4.18. The maximum absolute atomic E-state index is 10.6. The van der Waals surface area contributed by atoms with Gasteiger partial charge in [-0.3, -0.25) is 10.1 Å². The Hall–Kier alpha value is -1.68. The van der Waals surface area contributed by atoms with Crippen molar-refractivity contribution in [2.75, 3.05) is 6.61 Å². The maximum atomic E-state index is 10.6. The van der Waals surface area contributed by atoms with Gasteiger partial charge in [-0.2, -0.15) is 0 Å². The number of nitrogens with zero attached hydrogens (tertiary/aromatic N) is 1. The minimum absolute atomic E-state index is 0.0645. The van der Waals surface area contributed by atoms with E-state index in [9.17, 15) is 10.1 Å². The van der Waals surface area contributed by atoms with E-state index in [0.717, 1.165) is 5.56 Å². The van der Waals surface area contributed by atoms with Gasteiger partial charge in [-0.05, 0) is 18.6 Å². The third-order valence-electron chi connectivity index (χ3n) is 1.89. The number of aliphatic hydroxyl groups excluding tert-OH is 1. The lowest BCUT2D eigenvalue weighted by Gasteiger charge is -2.00. The van der Waals surface area contributed by atoms with Crippen LogP contribution in [0, 0.1) is 17.0 Å². The van der Waals surface area contributed by atoms with Gasteiger partial charge in [-0.15, -0.1) is 0 Å². The molecule has 0 spiro atoms. The van der Waals surface area contributed by atoms with Crippen molar-refractivity contribution in [3.05, 3.63) is 45.5 Å². The van der Waals surface area contributed by atoms with Crippen molar-refractivity contribution in [3.63, 3.8) is 0 Å². The summed E-state index contributed by atoms with van der Waals surface area (Å²) in [6.07, 6.45) is 3.04. The number of hydrogen-bond acceptors (Lipinski definition) is 3. The molecule has 0 bridgehead atoms. The fourth-order valence-corrected chi connectivity index (χ4v) is 1.21. The second-order valence-electron chi connectivity index (χ2n) is 2.85. The molecule has 0 unspecified atom stereocenters. The summed E-state index contributed by atoms with van der Waals surface area (Å²) in [6.45, 7) is 1.68. The minimum atomic E-state index is -0.427. The number of benzene rings is 1. The quantitative estimate of drug-likeness (QED) is 0.589. The van der Waals surface area contributed by atoms with Gasteiger partial charge >= 0.3 is 0 Å². The largest absolute Gasteiger partial charge is 0.392 e. The molecular weight excluding hydrogens is 182 g/mol. The van der Waals surface area contributed by atoms with E-state index in [0.29, 0.717) is 5.56 Å². The average Bonchev–Trinajstić information content (AvgIpc) is 2.15. The molecule has 0 atom stereocenters. The lowest BCUT2D eigenvalue weighted by molar-refractivity contribution is -0.385. The van der Waals surface area contributed by atoms with Crippen molar-refractivity contribution in [1.82, 2.24) is 0 Å². The zero-order valence-electron chi connectivity index (χ0n) is 7.80. The maximum Gasteiger partial charge on any atom is 0.276 e. The van der Waals surface area contributed by atoms with Crippen LogP contribution in [0.25, 0.3) is 6.08 Å². The molecule has 0 aliphatic rings. The molecule has 0 amide bonds. The lowest BCUT2D eigenvalue weighted by Crippen LogP contribution is -1.93. The van der Waals surface area contributed by atoms with E-state index in [1.54, 1.807) is 25.1 Å². The van der Waals surface area contributed by atoms with Crippen LogP contribution < -0.4 is 0 Å². The number of nitro benzene ring substituents is 1. The summed E-state index contributed by atoms with van der Waals surface area (Å²) >= 11 is 0. The molecule has 74 valence electrons. The van der Waals surface area contributed by atoms with E-state index in [-0.39, 0.29) is 12.3 Å². The summed E-state index contributed by atoms with van der Waals surface area (Å²) < 4.78 is 0. The Kier molecular flexibility index (Phi) is 3.36. The smallest absolute Gasteiger partial charge is 0.276 e. The van der Waals surface area contributed by atoms with Gasteiger partial charge < -0.3 is 5.11 Å². The first-order chi connectivity index (χ1) is 6.66. The van der Waals surface area contributed by atoms with E-state index in [4.69, 9.17) is 5.11 Å². The van der Waals surface area contributed by atoms with Gasteiger partial charge in [0.05, 0.1) is 17.1 Å². The molecule has 0 aliphatic carbocycles. The topological polar surface area (TPSA) is 63.4 Å². The molecule has 0 aromatic heterocycles. The zero-order valence-corrected chi connectivity index (χ0v) is 7.80. The molecule has 0 saturated heterocycles. The molecule has 0 heterocycles. The molecular formula is C10H11NO3. The zero-order chi connectivity index (χ0) is 10.6. The van der Waals surface area contributed by atoms with Gasteiger partial charge in [0.15, 0.2) is 0 Å². The van der Waals surface area contributed by atoms with E-state index >= 15 is 0 Å². The number of rotatable bonds is 3. The Morgan fingerprint density at radius 3 is 2.86 bits per heavy atom. The number of hydrogen-bond donors (Lipinski definition) is 1. The Morgan fingerprint density at radius 2 is 2.29 bits per heavy atom. The second-order valence-corrected chi connectivity index (χ2v) is 2.85. The number of aryl methyl sites for hydroxylation is 1. The molecule has 1 rings (SSSR count). The van der Waals surface area contributed by atoms with Crippen LogP contribution >= 0.6 is 0 Å². The van der Waals surface area contributed by atoms with Gasteiger partial charge in [0.1, 0.15) is 0 Å². The van der Waals surface area contributed by atoms with Crippen molar-refractivity contribution >= 4 is 11.8 Å². The van der Waals surface area contributed by atoms with E-state index in [2.05, 4.69) is 0 Å². The predicted octanol–water partition coefficient (Wildman–Crippen LogP) is 1.91. The SMILES string of the molecule is Cc1cccc([N+](=O)[O-])c1C=CCO. The van der Waals surface area contributed by atoms with Crippen LogP contribution in [0.5, 0.6) is 0 Å². The van der Waals surface area contributed by atoms with Crippen molar-refractivity contribution in [3.8, 4) is 0 Å². The molecule has 1 aromatic carbocycles. The van der Waals surface area contributed by atoms with Crippen molar-refractivity contribution in [1.29, 1.82) is 0 Å². The molecule has 0 radical (unpaired) electrons. The highest BCUT2D eigenvalue weighted by Gasteiger charge is 2.11. The highest BCUT2D eigenvalue weighted by Crippen LogP contribution is 2.22. The first-order valence-electron chi connectivity index (χ1n) is 4.18. The highest BCUT2D eigenvalue weighted by atomic mass is 16.6. The fraction of sp³-hybridized carbons (Fsp3) is 0.200. The van der Waals surface area contributed by atoms with Crippen LogP contribution in [-0.2, 0) is 0 Å². The Balaban J connectivity index is 3.22. The van der Waals surface area contributed by atoms with E-state index in [1.165, 1.54) is 12.1 Å². The summed E-state index contributed by atoms with van der Waals surface area (Å²) in [7, 11) is 0. The minimum Gasteiger partial charge on any atom is -0.392 e. The lowest BCUT2D eigenvalue weighted by atomic mass is 10.1. The van der Waals surface area contributed by atoms with Crippen LogP contribution in [0.2, 0.25) is 0 Å².